The summed E-state index contributed by atoms with van der Waals surface area (Å²) in [6, 6.07) is 10.1. The molecule has 7 heteroatoms. The molecule has 0 spiro atoms. The summed E-state index contributed by atoms with van der Waals surface area (Å²) < 4.78 is 12.7. The third kappa shape index (κ3) is 4.20. The SMILES string of the molecule is Nc1ccc(NC(=O)C(=O)NCc2ccc(F)cc2)cc1Cl. The third-order valence-electron chi connectivity index (χ3n) is 2.83. The Morgan fingerprint density at radius 2 is 1.77 bits per heavy atom. The number of carbonyl (C=O) groups is 2. The summed E-state index contributed by atoms with van der Waals surface area (Å²) >= 11 is 5.82. The zero-order valence-corrected chi connectivity index (χ0v) is 12.2. The predicted molar refractivity (Wildman–Crippen MR) is 82.7 cm³/mol. The number of nitrogens with one attached hydrogen (secondary N) is 2. The van der Waals surface area contributed by atoms with E-state index in [-0.39, 0.29) is 17.4 Å². The van der Waals surface area contributed by atoms with E-state index in [0.717, 1.165) is 0 Å². The number of rotatable bonds is 3. The number of nitrogens with two attached hydrogens (primary N) is 1. The van der Waals surface area contributed by atoms with E-state index in [2.05, 4.69) is 10.6 Å². The summed E-state index contributed by atoms with van der Waals surface area (Å²) in [5.74, 6) is -2.01. The number of amides is 2. The van der Waals surface area contributed by atoms with Crippen molar-refractivity contribution >= 4 is 34.8 Å². The van der Waals surface area contributed by atoms with Crippen LogP contribution >= 0.6 is 11.6 Å². The molecule has 0 bridgehead atoms. The van der Waals surface area contributed by atoms with E-state index in [0.29, 0.717) is 16.9 Å². The molecule has 0 aliphatic rings. The molecule has 4 N–H and O–H groups in total. The number of hydrogen-bond acceptors (Lipinski definition) is 3. The first kappa shape index (κ1) is 15.8. The Morgan fingerprint density at radius 1 is 1.09 bits per heavy atom. The monoisotopic (exact) mass is 321 g/mol. The Morgan fingerprint density at radius 3 is 2.41 bits per heavy atom. The lowest BCUT2D eigenvalue weighted by molar-refractivity contribution is -0.136. The fourth-order valence-corrected chi connectivity index (χ4v) is 1.84. The van der Waals surface area contributed by atoms with Crippen LogP contribution in [-0.2, 0) is 16.1 Å². The van der Waals surface area contributed by atoms with Crippen molar-refractivity contribution in [1.82, 2.24) is 5.32 Å². The standard InChI is InChI=1S/C15H13ClFN3O2/c16-12-7-11(5-6-13(12)18)20-15(22)14(21)19-8-9-1-3-10(17)4-2-9/h1-7H,8,18H2,(H,19,21)(H,20,22). The van der Waals surface area contributed by atoms with Gasteiger partial charge >= 0.3 is 11.8 Å². The maximum absolute atomic E-state index is 12.7. The minimum absolute atomic E-state index is 0.120. The van der Waals surface area contributed by atoms with Gasteiger partial charge in [-0.25, -0.2) is 4.39 Å². The van der Waals surface area contributed by atoms with Crippen molar-refractivity contribution in [2.24, 2.45) is 0 Å². The zero-order valence-electron chi connectivity index (χ0n) is 11.4. The molecule has 0 aliphatic heterocycles. The van der Waals surface area contributed by atoms with Crippen LogP contribution in [-0.4, -0.2) is 11.8 Å². The summed E-state index contributed by atoms with van der Waals surface area (Å²) in [7, 11) is 0. The molecule has 5 nitrogen and oxygen atoms in total. The molecule has 22 heavy (non-hydrogen) atoms. The molecule has 2 aromatic rings. The quantitative estimate of drug-likeness (QED) is 0.599. The summed E-state index contributed by atoms with van der Waals surface area (Å²) in [4.78, 5) is 23.4. The van der Waals surface area contributed by atoms with Crippen LogP contribution in [0, 0.1) is 5.82 Å². The van der Waals surface area contributed by atoms with Crippen molar-refractivity contribution < 1.29 is 14.0 Å². The average molecular weight is 322 g/mol. The Hall–Kier alpha value is -2.60. The third-order valence-corrected chi connectivity index (χ3v) is 3.16. The molecular formula is C15H13ClFN3O2. The highest BCUT2D eigenvalue weighted by Crippen LogP contribution is 2.22. The van der Waals surface area contributed by atoms with Gasteiger partial charge in [0.1, 0.15) is 5.82 Å². The van der Waals surface area contributed by atoms with Gasteiger partial charge in [0, 0.05) is 12.2 Å². The topological polar surface area (TPSA) is 84.2 Å². The number of benzene rings is 2. The minimum atomic E-state index is -0.831. The highest BCUT2D eigenvalue weighted by Gasteiger charge is 2.13. The summed E-state index contributed by atoms with van der Waals surface area (Å²) in [5.41, 5.74) is 6.97. The largest absolute Gasteiger partial charge is 0.398 e. The number of anilines is 2. The lowest BCUT2D eigenvalue weighted by Gasteiger charge is -2.07. The Balaban J connectivity index is 1.90. The summed E-state index contributed by atoms with van der Waals surface area (Å²) in [6.45, 7) is 0.120. The predicted octanol–water partition coefficient (Wildman–Crippen LogP) is 2.32. The normalized spacial score (nSPS) is 10.1. The van der Waals surface area contributed by atoms with Crippen LogP contribution in [0.4, 0.5) is 15.8 Å². The van der Waals surface area contributed by atoms with Crippen molar-refractivity contribution in [3.63, 3.8) is 0 Å². The van der Waals surface area contributed by atoms with Gasteiger partial charge in [-0.15, -0.1) is 0 Å². The Bertz CT molecular complexity index is 704. The second kappa shape index (κ2) is 6.91. The molecule has 0 aromatic heterocycles. The van der Waals surface area contributed by atoms with E-state index in [1.807, 2.05) is 0 Å². The number of hydrogen-bond donors (Lipinski definition) is 3. The van der Waals surface area contributed by atoms with Crippen molar-refractivity contribution in [3.05, 3.63) is 58.9 Å². The molecule has 0 atom stereocenters. The van der Waals surface area contributed by atoms with Gasteiger partial charge < -0.3 is 16.4 Å². The molecular weight excluding hydrogens is 309 g/mol. The van der Waals surface area contributed by atoms with Crippen LogP contribution in [0.3, 0.4) is 0 Å². The van der Waals surface area contributed by atoms with E-state index in [1.54, 1.807) is 0 Å². The van der Waals surface area contributed by atoms with Gasteiger partial charge in [-0.3, -0.25) is 9.59 Å². The number of nitrogen functional groups attached to an aromatic ring is 1. The van der Waals surface area contributed by atoms with E-state index < -0.39 is 11.8 Å². The average Bonchev–Trinajstić information content (AvgIpc) is 2.50. The maximum Gasteiger partial charge on any atom is 0.313 e. The molecule has 0 radical (unpaired) electrons. The van der Waals surface area contributed by atoms with Crippen LogP contribution < -0.4 is 16.4 Å². The molecule has 0 heterocycles. The smallest absolute Gasteiger partial charge is 0.313 e. The molecule has 2 aromatic carbocycles. The first-order valence-electron chi connectivity index (χ1n) is 6.34. The number of halogens is 2. The van der Waals surface area contributed by atoms with Crippen molar-refractivity contribution in [2.75, 3.05) is 11.1 Å². The summed E-state index contributed by atoms with van der Waals surface area (Å²) in [6.07, 6.45) is 0. The van der Waals surface area contributed by atoms with Crippen LogP contribution in [0.5, 0.6) is 0 Å². The maximum atomic E-state index is 12.7. The second-order valence-corrected chi connectivity index (χ2v) is 4.91. The molecule has 0 saturated carbocycles. The van der Waals surface area contributed by atoms with Gasteiger partial charge in [0.05, 0.1) is 10.7 Å². The first-order chi connectivity index (χ1) is 10.5. The number of carbonyl (C=O) groups excluding carboxylic acids is 2. The van der Waals surface area contributed by atoms with Crippen LogP contribution in [0.1, 0.15) is 5.56 Å². The first-order valence-corrected chi connectivity index (χ1v) is 6.72. The summed E-state index contributed by atoms with van der Waals surface area (Å²) in [5, 5.41) is 5.12. The van der Waals surface area contributed by atoms with Gasteiger partial charge in [-0.1, -0.05) is 23.7 Å². The molecule has 2 rings (SSSR count). The van der Waals surface area contributed by atoms with Gasteiger partial charge in [-0.2, -0.15) is 0 Å². The Kier molecular flexibility index (Phi) is 4.95. The molecule has 114 valence electrons. The molecule has 0 saturated heterocycles. The van der Waals surface area contributed by atoms with E-state index in [9.17, 15) is 14.0 Å². The van der Waals surface area contributed by atoms with E-state index >= 15 is 0 Å². The van der Waals surface area contributed by atoms with Crippen molar-refractivity contribution in [3.8, 4) is 0 Å². The van der Waals surface area contributed by atoms with E-state index in [1.165, 1.54) is 42.5 Å². The molecule has 2 amide bonds. The van der Waals surface area contributed by atoms with Crippen LogP contribution in [0.15, 0.2) is 42.5 Å². The zero-order chi connectivity index (χ0) is 16.1. The van der Waals surface area contributed by atoms with Crippen molar-refractivity contribution in [1.29, 1.82) is 0 Å². The van der Waals surface area contributed by atoms with Gasteiger partial charge in [0.25, 0.3) is 0 Å². The fourth-order valence-electron chi connectivity index (χ4n) is 1.66. The van der Waals surface area contributed by atoms with Gasteiger partial charge in [0.2, 0.25) is 0 Å². The second-order valence-electron chi connectivity index (χ2n) is 4.50. The minimum Gasteiger partial charge on any atom is -0.398 e. The van der Waals surface area contributed by atoms with Gasteiger partial charge in [0.15, 0.2) is 0 Å². The van der Waals surface area contributed by atoms with E-state index in [4.69, 9.17) is 17.3 Å². The highest BCUT2D eigenvalue weighted by atomic mass is 35.5. The molecule has 0 unspecified atom stereocenters. The van der Waals surface area contributed by atoms with Crippen LogP contribution in [0.2, 0.25) is 5.02 Å². The van der Waals surface area contributed by atoms with Gasteiger partial charge in [-0.05, 0) is 35.9 Å². The fraction of sp³-hybridized carbons (Fsp3) is 0.0667. The lowest BCUT2D eigenvalue weighted by atomic mass is 10.2. The highest BCUT2D eigenvalue weighted by molar-refractivity contribution is 6.40. The molecule has 0 aliphatic carbocycles. The molecule has 0 fully saturated rings. The Labute approximate surface area is 131 Å². The van der Waals surface area contributed by atoms with Crippen LogP contribution in [0.25, 0.3) is 0 Å². The lowest BCUT2D eigenvalue weighted by Crippen LogP contribution is -2.34. The van der Waals surface area contributed by atoms with Crippen molar-refractivity contribution in [2.45, 2.75) is 6.54 Å².